The van der Waals surface area contributed by atoms with Gasteiger partial charge in [0.1, 0.15) is 5.54 Å². The molecule has 1 heterocycles. The van der Waals surface area contributed by atoms with Crippen molar-refractivity contribution < 1.29 is 23.9 Å². The predicted molar refractivity (Wildman–Crippen MR) is 104 cm³/mol. The number of carbonyl (C=O) groups excluding carboxylic acids is 4. The lowest BCUT2D eigenvalue weighted by Crippen LogP contribution is -2.49. The molecule has 8 nitrogen and oxygen atoms in total. The number of nitrogens with zero attached hydrogens (tertiary/aromatic N) is 1. The number of nitrogens with one attached hydrogen (secondary N) is 2. The van der Waals surface area contributed by atoms with Crippen LogP contribution in [0, 0.1) is 0 Å². The van der Waals surface area contributed by atoms with Gasteiger partial charge in [-0.2, -0.15) is 5.01 Å². The first-order valence-corrected chi connectivity index (χ1v) is 9.20. The molecule has 1 aliphatic rings. The number of ether oxygens (including phenoxy) is 1. The van der Waals surface area contributed by atoms with Crippen molar-refractivity contribution in [2.24, 2.45) is 0 Å². The Labute approximate surface area is 171 Å². The maximum absolute atomic E-state index is 12.9. The second kappa shape index (κ2) is 8.32. The number of esters is 1. The van der Waals surface area contributed by atoms with Gasteiger partial charge in [0.2, 0.25) is 0 Å². The van der Waals surface area contributed by atoms with Gasteiger partial charge >= 0.3 is 12.0 Å². The summed E-state index contributed by atoms with van der Waals surface area (Å²) in [5, 5.41) is 3.42. The van der Waals surface area contributed by atoms with Crippen molar-refractivity contribution in [1.29, 1.82) is 0 Å². The van der Waals surface area contributed by atoms with Crippen molar-refractivity contribution in [2.75, 3.05) is 6.61 Å². The van der Waals surface area contributed by atoms with Crippen LogP contribution in [-0.2, 0) is 19.9 Å². The molecular weight excluding hydrogens is 398 g/mol. The number of hydrogen-bond donors (Lipinski definition) is 2. The Kier molecular flexibility index (Phi) is 5.84. The molecule has 1 fully saturated rings. The molecule has 3 rings (SSSR count). The number of hydrazine groups is 1. The fourth-order valence-electron chi connectivity index (χ4n) is 3.03. The molecule has 2 N–H and O–H groups in total. The summed E-state index contributed by atoms with van der Waals surface area (Å²) in [6, 6.07) is 14.2. The van der Waals surface area contributed by atoms with Gasteiger partial charge in [-0.05, 0) is 24.1 Å². The molecule has 0 spiro atoms. The molecule has 1 aliphatic heterocycles. The topological polar surface area (TPSA) is 105 Å². The zero-order valence-corrected chi connectivity index (χ0v) is 16.2. The molecule has 0 aliphatic carbocycles. The number of halogens is 1. The molecule has 4 amide bonds. The zero-order valence-electron chi connectivity index (χ0n) is 15.5. The maximum atomic E-state index is 12.9. The van der Waals surface area contributed by atoms with Gasteiger partial charge in [-0.15, -0.1) is 0 Å². The molecule has 1 atom stereocenters. The average Bonchev–Trinajstić information content (AvgIpc) is 2.98. The molecule has 2 aromatic rings. The third kappa shape index (κ3) is 3.93. The minimum atomic E-state index is -1.28. The van der Waals surface area contributed by atoms with E-state index < -0.39 is 36.0 Å². The first kappa shape index (κ1) is 20.3. The van der Waals surface area contributed by atoms with Crippen molar-refractivity contribution in [3.05, 3.63) is 70.7 Å². The quantitative estimate of drug-likeness (QED) is 0.556. The van der Waals surface area contributed by atoms with Crippen LogP contribution in [0.5, 0.6) is 0 Å². The fraction of sp³-hybridized carbons (Fsp3) is 0.200. The van der Waals surface area contributed by atoms with Crippen LogP contribution in [0.25, 0.3) is 0 Å². The first-order valence-electron chi connectivity index (χ1n) is 8.82. The zero-order chi connectivity index (χ0) is 21.0. The molecule has 0 unspecified atom stereocenters. The van der Waals surface area contributed by atoms with Crippen LogP contribution >= 0.6 is 11.6 Å². The highest BCUT2D eigenvalue weighted by atomic mass is 35.5. The summed E-state index contributed by atoms with van der Waals surface area (Å²) in [5.74, 6) is -2.26. The van der Waals surface area contributed by atoms with Gasteiger partial charge in [0.25, 0.3) is 11.8 Å². The Hall–Kier alpha value is -3.39. The number of rotatable bonds is 6. The summed E-state index contributed by atoms with van der Waals surface area (Å²) in [7, 11) is 0. The largest absolute Gasteiger partial charge is 0.452 e. The molecular formula is C20H18ClN3O5. The van der Waals surface area contributed by atoms with Crippen molar-refractivity contribution in [3.63, 3.8) is 0 Å². The van der Waals surface area contributed by atoms with Crippen molar-refractivity contribution in [2.45, 2.75) is 18.9 Å². The van der Waals surface area contributed by atoms with E-state index in [0.717, 1.165) is 0 Å². The molecule has 0 saturated carbocycles. The standard InChI is InChI=1S/C20H18ClN3O5/c1-2-20(13-8-4-3-5-9-13)18(27)24(19(28)22-20)23-16(25)12-29-17(26)14-10-6-7-11-15(14)21/h3-11H,2,12H2,1H3,(H,22,28)(H,23,25)/t20-/m0/s1. The van der Waals surface area contributed by atoms with Crippen LogP contribution in [-0.4, -0.2) is 35.4 Å². The van der Waals surface area contributed by atoms with E-state index in [-0.39, 0.29) is 17.0 Å². The van der Waals surface area contributed by atoms with Gasteiger partial charge in [-0.3, -0.25) is 15.0 Å². The molecule has 0 radical (unpaired) electrons. The number of imide groups is 1. The van der Waals surface area contributed by atoms with Gasteiger partial charge in [0, 0.05) is 0 Å². The first-order chi connectivity index (χ1) is 13.9. The van der Waals surface area contributed by atoms with E-state index in [1.807, 2.05) is 0 Å². The van der Waals surface area contributed by atoms with E-state index in [9.17, 15) is 19.2 Å². The highest BCUT2D eigenvalue weighted by molar-refractivity contribution is 6.33. The highest BCUT2D eigenvalue weighted by Gasteiger charge is 2.52. The molecule has 0 bridgehead atoms. The highest BCUT2D eigenvalue weighted by Crippen LogP contribution is 2.31. The van der Waals surface area contributed by atoms with E-state index >= 15 is 0 Å². The summed E-state index contributed by atoms with van der Waals surface area (Å²) >= 11 is 5.91. The number of urea groups is 1. The van der Waals surface area contributed by atoms with Gasteiger partial charge in [-0.25, -0.2) is 9.59 Å². The molecule has 29 heavy (non-hydrogen) atoms. The van der Waals surface area contributed by atoms with E-state index in [1.54, 1.807) is 49.4 Å². The lowest BCUT2D eigenvalue weighted by molar-refractivity contribution is -0.140. The lowest BCUT2D eigenvalue weighted by Gasteiger charge is -2.25. The van der Waals surface area contributed by atoms with Crippen LogP contribution in [0.4, 0.5) is 4.79 Å². The monoisotopic (exact) mass is 415 g/mol. The summed E-state index contributed by atoms with van der Waals surface area (Å²) in [5.41, 5.74) is 1.61. The van der Waals surface area contributed by atoms with E-state index in [4.69, 9.17) is 16.3 Å². The molecule has 150 valence electrons. The minimum absolute atomic E-state index is 0.103. The van der Waals surface area contributed by atoms with Gasteiger partial charge in [-0.1, -0.05) is 61.0 Å². The van der Waals surface area contributed by atoms with Crippen LogP contribution < -0.4 is 10.7 Å². The van der Waals surface area contributed by atoms with Crippen LogP contribution in [0.3, 0.4) is 0 Å². The number of benzene rings is 2. The predicted octanol–water partition coefficient (Wildman–Crippen LogP) is 2.39. The third-order valence-corrected chi connectivity index (χ3v) is 4.88. The SMILES string of the molecule is CC[C@@]1(c2ccccc2)NC(=O)N(NC(=O)COC(=O)c2ccccc2Cl)C1=O. The summed E-state index contributed by atoms with van der Waals surface area (Å²) in [6.07, 6.45) is 0.287. The Bertz CT molecular complexity index is 966. The Morgan fingerprint density at radius 1 is 1.10 bits per heavy atom. The maximum Gasteiger partial charge on any atom is 0.344 e. The minimum Gasteiger partial charge on any atom is -0.452 e. The molecule has 2 aromatic carbocycles. The molecule has 1 saturated heterocycles. The average molecular weight is 416 g/mol. The van der Waals surface area contributed by atoms with Crippen molar-refractivity contribution in [3.8, 4) is 0 Å². The number of amides is 4. The number of carbonyl (C=O) groups is 4. The Morgan fingerprint density at radius 2 is 1.76 bits per heavy atom. The smallest absolute Gasteiger partial charge is 0.344 e. The second-order valence-corrected chi connectivity index (χ2v) is 6.69. The Balaban J connectivity index is 1.66. The number of hydrogen-bond acceptors (Lipinski definition) is 5. The van der Waals surface area contributed by atoms with Crippen molar-refractivity contribution >= 4 is 35.4 Å². The summed E-state index contributed by atoms with van der Waals surface area (Å²) in [4.78, 5) is 49.4. The van der Waals surface area contributed by atoms with Crippen LogP contribution in [0.1, 0.15) is 29.3 Å². The van der Waals surface area contributed by atoms with Crippen LogP contribution in [0.15, 0.2) is 54.6 Å². The third-order valence-electron chi connectivity index (χ3n) is 4.55. The van der Waals surface area contributed by atoms with Gasteiger partial charge in [0.15, 0.2) is 6.61 Å². The lowest BCUT2D eigenvalue weighted by atomic mass is 9.87. The van der Waals surface area contributed by atoms with Gasteiger partial charge < -0.3 is 10.1 Å². The Morgan fingerprint density at radius 3 is 2.41 bits per heavy atom. The normalized spacial score (nSPS) is 18.3. The second-order valence-electron chi connectivity index (χ2n) is 6.29. The van der Waals surface area contributed by atoms with Crippen LogP contribution in [0.2, 0.25) is 5.02 Å². The summed E-state index contributed by atoms with van der Waals surface area (Å²) < 4.78 is 4.91. The molecule has 0 aromatic heterocycles. The van der Waals surface area contributed by atoms with Gasteiger partial charge in [0.05, 0.1) is 10.6 Å². The van der Waals surface area contributed by atoms with E-state index in [2.05, 4.69) is 10.7 Å². The van der Waals surface area contributed by atoms with E-state index in [0.29, 0.717) is 10.6 Å². The van der Waals surface area contributed by atoms with Crippen molar-refractivity contribution in [1.82, 2.24) is 15.8 Å². The molecule has 9 heteroatoms. The van der Waals surface area contributed by atoms with E-state index in [1.165, 1.54) is 12.1 Å². The summed E-state index contributed by atoms with van der Waals surface area (Å²) in [6.45, 7) is 1.06. The fourth-order valence-corrected chi connectivity index (χ4v) is 3.24.